The van der Waals surface area contributed by atoms with Crippen molar-refractivity contribution in [1.29, 1.82) is 0 Å². The van der Waals surface area contributed by atoms with Gasteiger partial charge in [-0.1, -0.05) is 42.5 Å². The SMILES string of the molecule is C=Cc1c(OC)cc(C=O)c(CN(C)CCc2ccc(C)cc2)c1O. The number of benzene rings is 2. The van der Waals surface area contributed by atoms with E-state index in [1.807, 2.05) is 7.05 Å². The molecule has 0 saturated carbocycles. The van der Waals surface area contributed by atoms with Crippen LogP contribution in [0.4, 0.5) is 0 Å². The van der Waals surface area contributed by atoms with E-state index in [1.54, 1.807) is 12.1 Å². The fourth-order valence-corrected chi connectivity index (χ4v) is 2.78. The number of aldehydes is 1. The number of aromatic hydroxyl groups is 1. The second kappa shape index (κ2) is 8.49. The quantitative estimate of drug-likeness (QED) is 0.743. The van der Waals surface area contributed by atoms with Crippen molar-refractivity contribution in [2.45, 2.75) is 19.9 Å². The van der Waals surface area contributed by atoms with Crippen LogP contribution in [0.15, 0.2) is 36.9 Å². The van der Waals surface area contributed by atoms with Gasteiger partial charge in [0.05, 0.1) is 12.7 Å². The molecule has 1 N–H and O–H groups in total. The smallest absolute Gasteiger partial charge is 0.150 e. The maximum atomic E-state index is 11.4. The van der Waals surface area contributed by atoms with Crippen LogP contribution in [0.25, 0.3) is 6.08 Å². The first-order valence-electron chi connectivity index (χ1n) is 8.24. The number of phenols is 1. The van der Waals surface area contributed by atoms with Gasteiger partial charge in [-0.05, 0) is 32.0 Å². The lowest BCUT2D eigenvalue weighted by atomic mass is 10.0. The lowest BCUT2D eigenvalue weighted by molar-refractivity contribution is 0.112. The Morgan fingerprint density at radius 2 is 1.96 bits per heavy atom. The number of nitrogens with zero attached hydrogens (tertiary/aromatic N) is 1. The molecule has 0 heterocycles. The lowest BCUT2D eigenvalue weighted by Crippen LogP contribution is -2.21. The van der Waals surface area contributed by atoms with E-state index < -0.39 is 0 Å². The van der Waals surface area contributed by atoms with Crippen LogP contribution in [0.1, 0.15) is 32.6 Å². The summed E-state index contributed by atoms with van der Waals surface area (Å²) in [6.07, 6.45) is 3.19. The van der Waals surface area contributed by atoms with E-state index >= 15 is 0 Å². The van der Waals surface area contributed by atoms with E-state index in [9.17, 15) is 9.90 Å². The third kappa shape index (κ3) is 4.48. The van der Waals surface area contributed by atoms with Crippen molar-refractivity contribution >= 4 is 12.4 Å². The van der Waals surface area contributed by atoms with Gasteiger partial charge in [-0.3, -0.25) is 4.79 Å². The monoisotopic (exact) mass is 339 g/mol. The highest BCUT2D eigenvalue weighted by Gasteiger charge is 2.17. The zero-order valence-electron chi connectivity index (χ0n) is 15.1. The third-order valence-electron chi connectivity index (χ3n) is 4.32. The molecule has 2 aromatic rings. The molecule has 0 aliphatic rings. The molecule has 0 radical (unpaired) electrons. The number of likely N-dealkylation sites (N-methyl/N-ethyl adjacent to an activating group) is 1. The van der Waals surface area contributed by atoms with Crippen molar-refractivity contribution in [2.75, 3.05) is 20.7 Å². The summed E-state index contributed by atoms with van der Waals surface area (Å²) < 4.78 is 5.23. The molecular formula is C21H25NO3. The Bertz CT molecular complexity index is 751. The molecule has 4 heteroatoms. The molecular weight excluding hydrogens is 314 g/mol. The van der Waals surface area contributed by atoms with Gasteiger partial charge in [-0.2, -0.15) is 0 Å². The van der Waals surface area contributed by atoms with Crippen LogP contribution >= 0.6 is 0 Å². The molecule has 0 spiro atoms. The number of rotatable bonds is 8. The van der Waals surface area contributed by atoms with E-state index in [0.717, 1.165) is 19.3 Å². The van der Waals surface area contributed by atoms with Gasteiger partial charge >= 0.3 is 0 Å². The number of aryl methyl sites for hydroxylation is 1. The highest BCUT2D eigenvalue weighted by Crippen LogP contribution is 2.35. The summed E-state index contributed by atoms with van der Waals surface area (Å²) in [5.74, 6) is 0.499. The van der Waals surface area contributed by atoms with E-state index in [4.69, 9.17) is 4.74 Å². The zero-order valence-corrected chi connectivity index (χ0v) is 15.1. The van der Waals surface area contributed by atoms with E-state index in [0.29, 0.717) is 29.0 Å². The Kier molecular flexibility index (Phi) is 6.37. The van der Waals surface area contributed by atoms with Gasteiger partial charge in [0.25, 0.3) is 0 Å². The molecule has 25 heavy (non-hydrogen) atoms. The molecule has 0 saturated heterocycles. The van der Waals surface area contributed by atoms with Gasteiger partial charge in [0.15, 0.2) is 6.29 Å². The maximum absolute atomic E-state index is 11.4. The van der Waals surface area contributed by atoms with Gasteiger partial charge < -0.3 is 14.7 Å². The number of hydrogen-bond acceptors (Lipinski definition) is 4. The average molecular weight is 339 g/mol. The van der Waals surface area contributed by atoms with Crippen LogP contribution in [0.2, 0.25) is 0 Å². The Hall–Kier alpha value is -2.59. The first kappa shape index (κ1) is 18.7. The highest BCUT2D eigenvalue weighted by atomic mass is 16.5. The summed E-state index contributed by atoms with van der Waals surface area (Å²) in [4.78, 5) is 13.5. The van der Waals surface area contributed by atoms with Gasteiger partial charge in [-0.25, -0.2) is 0 Å². The number of ether oxygens (including phenoxy) is 1. The van der Waals surface area contributed by atoms with Gasteiger partial charge in [0, 0.05) is 24.2 Å². The fraction of sp³-hybridized carbons (Fsp3) is 0.286. The third-order valence-corrected chi connectivity index (χ3v) is 4.32. The molecule has 0 atom stereocenters. The molecule has 0 aliphatic carbocycles. The van der Waals surface area contributed by atoms with E-state index in [2.05, 4.69) is 42.7 Å². The van der Waals surface area contributed by atoms with Crippen LogP contribution in [-0.2, 0) is 13.0 Å². The van der Waals surface area contributed by atoms with Crippen molar-refractivity contribution in [1.82, 2.24) is 4.90 Å². The summed E-state index contributed by atoms with van der Waals surface area (Å²) in [5, 5.41) is 10.5. The Balaban J connectivity index is 2.16. The van der Waals surface area contributed by atoms with Crippen LogP contribution in [0.3, 0.4) is 0 Å². The second-order valence-electron chi connectivity index (χ2n) is 6.20. The van der Waals surface area contributed by atoms with E-state index in [1.165, 1.54) is 18.2 Å². The normalized spacial score (nSPS) is 10.7. The summed E-state index contributed by atoms with van der Waals surface area (Å²) in [5.41, 5.74) is 4.04. The van der Waals surface area contributed by atoms with Crippen molar-refractivity contribution in [3.05, 3.63) is 64.7 Å². The number of carbonyl (C=O) groups is 1. The summed E-state index contributed by atoms with van der Waals surface area (Å²) in [6.45, 7) is 7.07. The van der Waals surface area contributed by atoms with Crippen LogP contribution in [0.5, 0.6) is 11.5 Å². The van der Waals surface area contributed by atoms with Crippen LogP contribution < -0.4 is 4.74 Å². The number of methoxy groups -OCH3 is 1. The first-order chi connectivity index (χ1) is 12.0. The minimum atomic E-state index is 0.0543. The molecule has 4 nitrogen and oxygen atoms in total. The Morgan fingerprint density at radius 1 is 1.28 bits per heavy atom. The molecule has 2 aromatic carbocycles. The average Bonchev–Trinajstić information content (AvgIpc) is 2.62. The van der Waals surface area contributed by atoms with Crippen molar-refractivity contribution in [3.63, 3.8) is 0 Å². The van der Waals surface area contributed by atoms with Crippen molar-refractivity contribution < 1.29 is 14.6 Å². The predicted octanol–water partition coefficient (Wildman–Crippen LogP) is 3.84. The van der Waals surface area contributed by atoms with Gasteiger partial charge in [0.1, 0.15) is 11.5 Å². The number of carbonyl (C=O) groups excluding carboxylic acids is 1. The molecule has 0 aliphatic heterocycles. The molecule has 0 bridgehead atoms. The Morgan fingerprint density at radius 3 is 2.52 bits per heavy atom. The molecule has 0 unspecified atom stereocenters. The molecule has 0 aromatic heterocycles. The van der Waals surface area contributed by atoms with Crippen molar-refractivity contribution in [2.24, 2.45) is 0 Å². The minimum Gasteiger partial charge on any atom is -0.507 e. The molecule has 2 rings (SSSR count). The molecule has 132 valence electrons. The van der Waals surface area contributed by atoms with Crippen LogP contribution in [-0.4, -0.2) is 37.0 Å². The lowest BCUT2D eigenvalue weighted by Gasteiger charge is -2.20. The zero-order chi connectivity index (χ0) is 18.4. The second-order valence-corrected chi connectivity index (χ2v) is 6.20. The van der Waals surface area contributed by atoms with Gasteiger partial charge in [0.2, 0.25) is 0 Å². The van der Waals surface area contributed by atoms with E-state index in [-0.39, 0.29) is 5.75 Å². The maximum Gasteiger partial charge on any atom is 0.150 e. The van der Waals surface area contributed by atoms with Crippen LogP contribution in [0, 0.1) is 6.92 Å². The largest absolute Gasteiger partial charge is 0.507 e. The number of hydrogen-bond donors (Lipinski definition) is 1. The topological polar surface area (TPSA) is 49.8 Å². The Labute approximate surface area is 149 Å². The molecule has 0 fully saturated rings. The summed E-state index contributed by atoms with van der Waals surface area (Å²) >= 11 is 0. The number of phenolic OH excluding ortho intramolecular Hbond substituents is 1. The minimum absolute atomic E-state index is 0.0543. The standard InChI is InChI=1S/C21H25NO3/c1-5-18-20(25-4)12-17(14-23)19(21(18)24)13-22(3)11-10-16-8-6-15(2)7-9-16/h5-9,12,14,24H,1,10-11,13H2,2-4H3. The van der Waals surface area contributed by atoms with Gasteiger partial charge in [-0.15, -0.1) is 0 Å². The summed E-state index contributed by atoms with van der Waals surface area (Å²) in [6, 6.07) is 10.1. The van der Waals surface area contributed by atoms with Crippen molar-refractivity contribution in [3.8, 4) is 11.5 Å². The fourth-order valence-electron chi connectivity index (χ4n) is 2.78. The summed E-state index contributed by atoms with van der Waals surface area (Å²) in [7, 11) is 3.48. The highest BCUT2D eigenvalue weighted by molar-refractivity contribution is 5.83. The molecule has 0 amide bonds. The predicted molar refractivity (Wildman–Crippen MR) is 101 cm³/mol. The first-order valence-corrected chi connectivity index (χ1v) is 8.24.